The number of halogens is 2. The molecule has 0 radical (unpaired) electrons. The van der Waals surface area contributed by atoms with Crippen LogP contribution in [-0.4, -0.2) is 71.8 Å². The highest BCUT2D eigenvalue weighted by Gasteiger charge is 2.38. The number of rotatable bonds is 4. The number of benzene rings is 1. The van der Waals surface area contributed by atoms with Crippen LogP contribution >= 0.6 is 23.2 Å². The molecule has 7 heteroatoms. The standard InChI is InChI=1S/C24H33Cl2N3O2/c25-19-7-8-21(26)20(16-19)23(30)29-13-5-6-22(29)24(31)28-14-9-18(10-15-28)17-27-11-3-1-2-4-12-27/h7-8,16,18,22H,1-6,9-15,17H2. The molecular formula is C24H33Cl2N3O2. The lowest BCUT2D eigenvalue weighted by molar-refractivity contribution is -0.136. The largest absolute Gasteiger partial charge is 0.341 e. The molecule has 1 atom stereocenters. The van der Waals surface area contributed by atoms with Crippen molar-refractivity contribution in [3.05, 3.63) is 33.8 Å². The van der Waals surface area contributed by atoms with Crippen LogP contribution in [0.15, 0.2) is 18.2 Å². The fourth-order valence-corrected chi connectivity index (χ4v) is 5.68. The molecule has 3 saturated heterocycles. The van der Waals surface area contributed by atoms with Crippen molar-refractivity contribution in [1.29, 1.82) is 0 Å². The second-order valence-corrected chi connectivity index (χ2v) is 10.1. The number of amides is 2. The van der Waals surface area contributed by atoms with Crippen molar-refractivity contribution in [3.8, 4) is 0 Å². The van der Waals surface area contributed by atoms with Crippen molar-refractivity contribution in [2.75, 3.05) is 39.3 Å². The van der Waals surface area contributed by atoms with Crippen LogP contribution in [0.1, 0.15) is 61.7 Å². The maximum Gasteiger partial charge on any atom is 0.256 e. The van der Waals surface area contributed by atoms with E-state index in [2.05, 4.69) is 4.90 Å². The molecule has 3 aliphatic rings. The van der Waals surface area contributed by atoms with Crippen molar-refractivity contribution in [2.45, 2.75) is 57.4 Å². The first-order valence-corrected chi connectivity index (χ1v) is 12.6. The lowest BCUT2D eigenvalue weighted by Gasteiger charge is -2.37. The van der Waals surface area contributed by atoms with E-state index in [9.17, 15) is 9.59 Å². The molecule has 4 rings (SSSR count). The minimum Gasteiger partial charge on any atom is -0.341 e. The van der Waals surface area contributed by atoms with Crippen molar-refractivity contribution in [3.63, 3.8) is 0 Å². The minimum atomic E-state index is -0.385. The number of nitrogens with zero attached hydrogens (tertiary/aromatic N) is 3. The number of carbonyl (C=O) groups is 2. The Morgan fingerprint density at radius 3 is 2.29 bits per heavy atom. The maximum atomic E-state index is 13.3. The topological polar surface area (TPSA) is 43.9 Å². The lowest BCUT2D eigenvalue weighted by Crippen LogP contribution is -2.50. The van der Waals surface area contributed by atoms with Gasteiger partial charge in [-0.25, -0.2) is 0 Å². The Morgan fingerprint density at radius 1 is 0.871 bits per heavy atom. The van der Waals surface area contributed by atoms with Crippen LogP contribution < -0.4 is 0 Å². The summed E-state index contributed by atoms with van der Waals surface area (Å²) in [6.07, 6.45) is 9.04. The van der Waals surface area contributed by atoms with Gasteiger partial charge in [-0.3, -0.25) is 9.59 Å². The van der Waals surface area contributed by atoms with Gasteiger partial charge in [0.05, 0.1) is 10.6 Å². The summed E-state index contributed by atoms with van der Waals surface area (Å²) in [5.41, 5.74) is 0.380. The van der Waals surface area contributed by atoms with Crippen molar-refractivity contribution < 1.29 is 9.59 Å². The SMILES string of the molecule is O=C(C1CCCN1C(=O)c1cc(Cl)ccc1Cl)N1CCC(CN2CCCCCC2)CC1. The molecule has 2 amide bonds. The van der Waals surface area contributed by atoms with Gasteiger partial charge in [0.25, 0.3) is 5.91 Å². The first-order valence-electron chi connectivity index (χ1n) is 11.8. The molecular weight excluding hydrogens is 433 g/mol. The zero-order chi connectivity index (χ0) is 21.8. The zero-order valence-corrected chi connectivity index (χ0v) is 19.7. The van der Waals surface area contributed by atoms with Crippen molar-refractivity contribution in [1.82, 2.24) is 14.7 Å². The van der Waals surface area contributed by atoms with Gasteiger partial charge >= 0.3 is 0 Å². The second-order valence-electron chi connectivity index (χ2n) is 9.26. The van der Waals surface area contributed by atoms with E-state index >= 15 is 0 Å². The molecule has 1 aromatic rings. The average molecular weight is 466 g/mol. The van der Waals surface area contributed by atoms with Gasteiger partial charge in [-0.05, 0) is 75.7 Å². The quantitative estimate of drug-likeness (QED) is 0.646. The van der Waals surface area contributed by atoms with E-state index < -0.39 is 0 Å². The molecule has 0 N–H and O–H groups in total. The van der Waals surface area contributed by atoms with E-state index in [-0.39, 0.29) is 17.9 Å². The summed E-state index contributed by atoms with van der Waals surface area (Å²) in [5.74, 6) is 0.574. The predicted octanol–water partition coefficient (Wildman–Crippen LogP) is 4.71. The van der Waals surface area contributed by atoms with Crippen LogP contribution in [0.4, 0.5) is 0 Å². The zero-order valence-electron chi connectivity index (χ0n) is 18.2. The molecule has 31 heavy (non-hydrogen) atoms. The van der Waals surface area contributed by atoms with Gasteiger partial charge in [-0.2, -0.15) is 0 Å². The molecule has 0 spiro atoms. The molecule has 0 bridgehead atoms. The Hall–Kier alpha value is -1.30. The molecule has 5 nitrogen and oxygen atoms in total. The minimum absolute atomic E-state index is 0.0947. The highest BCUT2D eigenvalue weighted by atomic mass is 35.5. The van der Waals surface area contributed by atoms with E-state index in [1.807, 2.05) is 4.90 Å². The first-order chi connectivity index (χ1) is 15.0. The fourth-order valence-electron chi connectivity index (χ4n) is 5.31. The van der Waals surface area contributed by atoms with Crippen molar-refractivity contribution in [2.24, 2.45) is 5.92 Å². The molecule has 3 aliphatic heterocycles. The summed E-state index contributed by atoms with van der Waals surface area (Å²) < 4.78 is 0. The third-order valence-corrected chi connectivity index (χ3v) is 7.66. The monoisotopic (exact) mass is 465 g/mol. The van der Waals surface area contributed by atoms with Gasteiger partial charge in [0, 0.05) is 31.2 Å². The van der Waals surface area contributed by atoms with E-state index in [1.54, 1.807) is 23.1 Å². The number of hydrogen-bond acceptors (Lipinski definition) is 3. The van der Waals surface area contributed by atoms with Crippen LogP contribution in [0.5, 0.6) is 0 Å². The van der Waals surface area contributed by atoms with Gasteiger partial charge in [-0.15, -0.1) is 0 Å². The summed E-state index contributed by atoms with van der Waals surface area (Å²) in [5, 5.41) is 0.850. The average Bonchev–Trinajstić information content (AvgIpc) is 3.13. The summed E-state index contributed by atoms with van der Waals surface area (Å²) in [6, 6.07) is 4.52. The summed E-state index contributed by atoms with van der Waals surface area (Å²) in [6.45, 7) is 5.81. The van der Waals surface area contributed by atoms with Crippen LogP contribution in [0, 0.1) is 5.92 Å². The smallest absolute Gasteiger partial charge is 0.256 e. The van der Waals surface area contributed by atoms with E-state index in [0.29, 0.717) is 28.1 Å². The Morgan fingerprint density at radius 2 is 1.58 bits per heavy atom. The summed E-state index contributed by atoms with van der Waals surface area (Å²) >= 11 is 12.3. The lowest BCUT2D eigenvalue weighted by atomic mass is 9.95. The summed E-state index contributed by atoms with van der Waals surface area (Å²) in [7, 11) is 0. The first kappa shape index (κ1) is 22.9. The van der Waals surface area contributed by atoms with E-state index in [4.69, 9.17) is 23.2 Å². The molecule has 0 aliphatic carbocycles. The fraction of sp³-hybridized carbons (Fsp3) is 0.667. The Balaban J connectivity index is 1.33. The molecule has 0 saturated carbocycles. The second kappa shape index (κ2) is 10.5. The van der Waals surface area contributed by atoms with Gasteiger partial charge in [0.15, 0.2) is 0 Å². The van der Waals surface area contributed by atoms with Crippen LogP contribution in [0.2, 0.25) is 10.0 Å². The van der Waals surface area contributed by atoms with Crippen LogP contribution in [0.25, 0.3) is 0 Å². The molecule has 3 heterocycles. The van der Waals surface area contributed by atoms with Gasteiger partial charge < -0.3 is 14.7 Å². The van der Waals surface area contributed by atoms with Crippen molar-refractivity contribution >= 4 is 35.0 Å². The molecule has 3 fully saturated rings. The van der Waals surface area contributed by atoms with Gasteiger partial charge in [0.2, 0.25) is 5.91 Å². The third kappa shape index (κ3) is 5.55. The normalized spacial score (nSPS) is 23.7. The Bertz CT molecular complexity index is 787. The van der Waals surface area contributed by atoms with Crippen LogP contribution in [0.3, 0.4) is 0 Å². The molecule has 1 unspecified atom stereocenters. The number of carbonyl (C=O) groups excluding carboxylic acids is 2. The number of likely N-dealkylation sites (tertiary alicyclic amines) is 3. The highest BCUT2D eigenvalue weighted by molar-refractivity contribution is 6.35. The summed E-state index contributed by atoms with van der Waals surface area (Å²) in [4.78, 5) is 32.7. The van der Waals surface area contributed by atoms with Crippen LogP contribution in [-0.2, 0) is 4.79 Å². The van der Waals surface area contributed by atoms with E-state index in [0.717, 1.165) is 38.8 Å². The number of hydrogen-bond donors (Lipinski definition) is 0. The Kier molecular flexibility index (Phi) is 7.78. The molecule has 0 aromatic heterocycles. The highest BCUT2D eigenvalue weighted by Crippen LogP contribution is 2.28. The molecule has 1 aromatic carbocycles. The number of piperidine rings is 1. The van der Waals surface area contributed by atoms with E-state index in [1.165, 1.54) is 45.3 Å². The third-order valence-electron chi connectivity index (χ3n) is 7.10. The maximum absolute atomic E-state index is 13.3. The van der Waals surface area contributed by atoms with Gasteiger partial charge in [-0.1, -0.05) is 36.0 Å². The Labute approximate surface area is 195 Å². The molecule has 170 valence electrons. The van der Waals surface area contributed by atoms with Gasteiger partial charge in [0.1, 0.15) is 6.04 Å². The predicted molar refractivity (Wildman–Crippen MR) is 125 cm³/mol.